The zero-order valence-electron chi connectivity index (χ0n) is 12.4. The molecule has 2 aromatic carbocycles. The Hall–Kier alpha value is -2.11. The highest BCUT2D eigenvalue weighted by Crippen LogP contribution is 2.26. The van der Waals surface area contributed by atoms with Crippen LogP contribution >= 0.6 is 23.4 Å². The summed E-state index contributed by atoms with van der Waals surface area (Å²) in [7, 11) is 0. The van der Waals surface area contributed by atoms with Crippen LogP contribution in [0.1, 0.15) is 11.4 Å². The third kappa shape index (κ3) is 2.78. The van der Waals surface area contributed by atoms with Crippen LogP contribution in [0.4, 0.5) is 0 Å². The summed E-state index contributed by atoms with van der Waals surface area (Å²) in [6.45, 7) is 1.90. The van der Waals surface area contributed by atoms with Crippen molar-refractivity contribution in [2.24, 2.45) is 0 Å². The maximum Gasteiger partial charge on any atom is 0.191 e. The first-order valence-electron chi connectivity index (χ1n) is 7.20. The Morgan fingerprint density at radius 2 is 1.96 bits per heavy atom. The Bertz CT molecular complexity index is 1010. The number of rotatable bonds is 3. The first kappa shape index (κ1) is 14.5. The SMILES string of the molecule is Cc1nc2c3ccccc3nc(SCc3cccc(Cl)c3)n2n1. The smallest absolute Gasteiger partial charge is 0.191 e. The second kappa shape index (κ2) is 5.83. The number of fused-ring (bicyclic) bond motifs is 3. The van der Waals surface area contributed by atoms with Gasteiger partial charge in [0.1, 0.15) is 5.82 Å². The number of halogens is 1. The lowest BCUT2D eigenvalue weighted by atomic mass is 10.2. The molecule has 114 valence electrons. The van der Waals surface area contributed by atoms with E-state index in [-0.39, 0.29) is 0 Å². The Morgan fingerprint density at radius 3 is 2.83 bits per heavy atom. The summed E-state index contributed by atoms with van der Waals surface area (Å²) >= 11 is 7.68. The topological polar surface area (TPSA) is 43.1 Å². The normalized spacial score (nSPS) is 11.4. The van der Waals surface area contributed by atoms with E-state index in [2.05, 4.69) is 16.1 Å². The van der Waals surface area contributed by atoms with Gasteiger partial charge < -0.3 is 0 Å². The third-order valence-corrected chi connectivity index (χ3v) is 4.75. The summed E-state index contributed by atoms with van der Waals surface area (Å²) in [5.74, 6) is 1.52. The van der Waals surface area contributed by atoms with E-state index in [4.69, 9.17) is 16.6 Å². The minimum atomic E-state index is 0.743. The van der Waals surface area contributed by atoms with Crippen LogP contribution in [0.5, 0.6) is 0 Å². The Morgan fingerprint density at radius 1 is 1.09 bits per heavy atom. The van der Waals surface area contributed by atoms with Crippen molar-refractivity contribution in [3.8, 4) is 0 Å². The summed E-state index contributed by atoms with van der Waals surface area (Å²) in [5, 5.41) is 7.08. The molecule has 0 radical (unpaired) electrons. The summed E-state index contributed by atoms with van der Waals surface area (Å²) in [4.78, 5) is 9.29. The van der Waals surface area contributed by atoms with Crippen molar-refractivity contribution in [2.45, 2.75) is 17.8 Å². The highest BCUT2D eigenvalue weighted by Gasteiger charge is 2.12. The van der Waals surface area contributed by atoms with Gasteiger partial charge in [0.15, 0.2) is 10.8 Å². The quantitative estimate of drug-likeness (QED) is 0.406. The fraction of sp³-hybridized carbons (Fsp3) is 0.118. The molecule has 0 aliphatic carbocycles. The minimum Gasteiger partial charge on any atom is -0.222 e. The number of para-hydroxylation sites is 1. The van der Waals surface area contributed by atoms with E-state index in [0.717, 1.165) is 43.9 Å². The number of benzene rings is 2. The molecule has 4 rings (SSSR count). The van der Waals surface area contributed by atoms with Crippen molar-refractivity contribution in [1.29, 1.82) is 0 Å². The van der Waals surface area contributed by atoms with Gasteiger partial charge in [0.2, 0.25) is 0 Å². The monoisotopic (exact) mass is 340 g/mol. The molecule has 0 atom stereocenters. The van der Waals surface area contributed by atoms with Crippen molar-refractivity contribution in [1.82, 2.24) is 19.6 Å². The Kier molecular flexibility index (Phi) is 3.67. The molecule has 0 aliphatic rings. The molecule has 0 aliphatic heterocycles. The molecule has 0 saturated carbocycles. The van der Waals surface area contributed by atoms with Gasteiger partial charge in [-0.1, -0.05) is 47.6 Å². The van der Waals surface area contributed by atoms with E-state index in [0.29, 0.717) is 0 Å². The van der Waals surface area contributed by atoms with Gasteiger partial charge in [-0.2, -0.15) is 4.52 Å². The highest BCUT2D eigenvalue weighted by atomic mass is 35.5. The number of hydrogen-bond acceptors (Lipinski definition) is 4. The molecule has 4 aromatic rings. The standard InChI is InChI=1S/C17H13ClN4S/c1-11-19-16-14-7-2-3-8-15(14)20-17(22(16)21-11)23-10-12-5-4-6-13(18)9-12/h2-9H,10H2,1H3. The fourth-order valence-corrected chi connectivity index (χ4v) is 3.60. The van der Waals surface area contributed by atoms with E-state index in [9.17, 15) is 0 Å². The van der Waals surface area contributed by atoms with Crippen LogP contribution in [0.15, 0.2) is 53.7 Å². The molecule has 0 bridgehead atoms. The molecule has 0 N–H and O–H groups in total. The first-order valence-corrected chi connectivity index (χ1v) is 8.56. The van der Waals surface area contributed by atoms with Gasteiger partial charge in [0, 0.05) is 16.2 Å². The highest BCUT2D eigenvalue weighted by molar-refractivity contribution is 7.98. The number of hydrogen-bond donors (Lipinski definition) is 0. The molecule has 0 amide bonds. The molecular formula is C17H13ClN4S. The van der Waals surface area contributed by atoms with Gasteiger partial charge in [-0.05, 0) is 36.8 Å². The van der Waals surface area contributed by atoms with E-state index < -0.39 is 0 Å². The predicted octanol–water partition coefficient (Wildman–Crippen LogP) is 4.53. The lowest BCUT2D eigenvalue weighted by Crippen LogP contribution is -1.98. The molecule has 23 heavy (non-hydrogen) atoms. The Balaban J connectivity index is 1.78. The summed E-state index contributed by atoms with van der Waals surface area (Å²) in [6.07, 6.45) is 0. The van der Waals surface area contributed by atoms with Crippen LogP contribution in [0.2, 0.25) is 5.02 Å². The van der Waals surface area contributed by atoms with Gasteiger partial charge in [0.25, 0.3) is 0 Å². The van der Waals surface area contributed by atoms with Crippen LogP contribution in [0, 0.1) is 6.92 Å². The first-order chi connectivity index (χ1) is 11.2. The van der Waals surface area contributed by atoms with Crippen LogP contribution < -0.4 is 0 Å². The van der Waals surface area contributed by atoms with E-state index in [1.54, 1.807) is 11.8 Å². The van der Waals surface area contributed by atoms with Crippen molar-refractivity contribution in [3.63, 3.8) is 0 Å². The average molecular weight is 341 g/mol. The van der Waals surface area contributed by atoms with Gasteiger partial charge in [-0.25, -0.2) is 9.97 Å². The van der Waals surface area contributed by atoms with Crippen molar-refractivity contribution < 1.29 is 0 Å². The van der Waals surface area contributed by atoms with Crippen LogP contribution in [0.3, 0.4) is 0 Å². The lowest BCUT2D eigenvalue weighted by Gasteiger charge is -2.06. The van der Waals surface area contributed by atoms with Crippen LogP contribution in [0.25, 0.3) is 16.6 Å². The summed E-state index contributed by atoms with van der Waals surface area (Å²) < 4.78 is 1.83. The number of aromatic nitrogens is 4. The molecule has 0 saturated heterocycles. The largest absolute Gasteiger partial charge is 0.222 e. The molecule has 0 unspecified atom stereocenters. The van der Waals surface area contributed by atoms with Gasteiger partial charge in [0.05, 0.1) is 5.52 Å². The average Bonchev–Trinajstić information content (AvgIpc) is 2.94. The van der Waals surface area contributed by atoms with Crippen molar-refractivity contribution >= 4 is 39.9 Å². The minimum absolute atomic E-state index is 0.743. The van der Waals surface area contributed by atoms with Crippen molar-refractivity contribution in [3.05, 3.63) is 64.9 Å². The van der Waals surface area contributed by atoms with Crippen LogP contribution in [-0.4, -0.2) is 19.6 Å². The fourth-order valence-electron chi connectivity index (χ4n) is 2.50. The number of thioether (sulfide) groups is 1. The maximum atomic E-state index is 6.05. The lowest BCUT2D eigenvalue weighted by molar-refractivity contribution is 0.797. The molecule has 6 heteroatoms. The predicted molar refractivity (Wildman–Crippen MR) is 94.0 cm³/mol. The number of aryl methyl sites for hydroxylation is 1. The Labute approximate surface area is 142 Å². The molecule has 0 spiro atoms. The second-order valence-electron chi connectivity index (χ2n) is 5.22. The van der Waals surface area contributed by atoms with Gasteiger partial charge in [-0.3, -0.25) is 0 Å². The summed E-state index contributed by atoms with van der Waals surface area (Å²) in [6, 6.07) is 15.9. The van der Waals surface area contributed by atoms with Crippen molar-refractivity contribution in [2.75, 3.05) is 0 Å². The zero-order valence-corrected chi connectivity index (χ0v) is 14.0. The molecule has 4 nitrogen and oxygen atoms in total. The molecule has 2 heterocycles. The van der Waals surface area contributed by atoms with Gasteiger partial charge in [-0.15, -0.1) is 5.10 Å². The zero-order chi connectivity index (χ0) is 15.8. The third-order valence-electron chi connectivity index (χ3n) is 3.51. The van der Waals surface area contributed by atoms with Gasteiger partial charge >= 0.3 is 0 Å². The van der Waals surface area contributed by atoms with E-state index >= 15 is 0 Å². The molecule has 2 aromatic heterocycles. The molecule has 0 fully saturated rings. The van der Waals surface area contributed by atoms with Crippen LogP contribution in [-0.2, 0) is 5.75 Å². The number of nitrogens with zero attached hydrogens (tertiary/aromatic N) is 4. The van der Waals surface area contributed by atoms with E-state index in [1.807, 2.05) is 53.9 Å². The van der Waals surface area contributed by atoms with E-state index in [1.165, 1.54) is 0 Å². The summed E-state index contributed by atoms with van der Waals surface area (Å²) in [5.41, 5.74) is 2.94. The second-order valence-corrected chi connectivity index (χ2v) is 6.60. The maximum absolute atomic E-state index is 6.05. The molecular weight excluding hydrogens is 328 g/mol.